The molecule has 136 valence electrons. The lowest BCUT2D eigenvalue weighted by Crippen LogP contribution is -2.29. The number of imide groups is 1. The van der Waals surface area contributed by atoms with E-state index in [1.807, 2.05) is 0 Å². The molecule has 5 nitrogen and oxygen atoms in total. The van der Waals surface area contributed by atoms with Gasteiger partial charge in [0, 0.05) is 11.9 Å². The maximum absolute atomic E-state index is 13.4. The summed E-state index contributed by atoms with van der Waals surface area (Å²) in [6, 6.07) is 9.25. The van der Waals surface area contributed by atoms with Crippen molar-refractivity contribution in [1.82, 2.24) is 9.55 Å². The summed E-state index contributed by atoms with van der Waals surface area (Å²) in [5, 5.41) is 0. The molecule has 2 amide bonds. The summed E-state index contributed by atoms with van der Waals surface area (Å²) in [6.07, 6.45) is -1.71. The van der Waals surface area contributed by atoms with Crippen LogP contribution in [0.1, 0.15) is 32.0 Å². The molecule has 0 radical (unpaired) electrons. The van der Waals surface area contributed by atoms with Crippen LogP contribution in [0, 0.1) is 6.92 Å². The van der Waals surface area contributed by atoms with Crippen LogP contribution in [0.3, 0.4) is 0 Å². The Bertz CT molecular complexity index is 1050. The second-order valence-electron chi connectivity index (χ2n) is 6.15. The van der Waals surface area contributed by atoms with Crippen molar-refractivity contribution in [1.29, 1.82) is 0 Å². The van der Waals surface area contributed by atoms with Gasteiger partial charge in [-0.2, -0.15) is 13.2 Å². The molecule has 27 heavy (non-hydrogen) atoms. The average Bonchev–Trinajstić information content (AvgIpc) is 3.17. The standard InChI is InChI=1S/C19H12F3N3O2/c1-11-9-24(10-23-11)13-6-12(19(20,21)22)7-14(8-13)25-17(26)15-4-2-3-5-16(15)18(25)27/h2-10H,1H3. The van der Waals surface area contributed by atoms with Gasteiger partial charge in [-0.15, -0.1) is 0 Å². The van der Waals surface area contributed by atoms with Crippen molar-refractivity contribution in [2.24, 2.45) is 0 Å². The third kappa shape index (κ3) is 2.79. The average molecular weight is 371 g/mol. The number of amides is 2. The van der Waals surface area contributed by atoms with E-state index < -0.39 is 23.6 Å². The largest absolute Gasteiger partial charge is 0.416 e. The van der Waals surface area contributed by atoms with Crippen molar-refractivity contribution in [3.63, 3.8) is 0 Å². The number of rotatable bonds is 2. The van der Waals surface area contributed by atoms with Crippen molar-refractivity contribution < 1.29 is 22.8 Å². The Morgan fingerprint density at radius 2 is 1.52 bits per heavy atom. The lowest BCUT2D eigenvalue weighted by atomic mass is 10.1. The van der Waals surface area contributed by atoms with Gasteiger partial charge >= 0.3 is 6.18 Å². The maximum atomic E-state index is 13.4. The van der Waals surface area contributed by atoms with Crippen LogP contribution < -0.4 is 4.90 Å². The fourth-order valence-corrected chi connectivity index (χ4v) is 3.02. The minimum Gasteiger partial charge on any atom is -0.306 e. The molecule has 0 saturated carbocycles. The summed E-state index contributed by atoms with van der Waals surface area (Å²) in [6.45, 7) is 1.70. The number of hydrogen-bond acceptors (Lipinski definition) is 3. The predicted octanol–water partition coefficient (Wildman–Crippen LogP) is 4.00. The van der Waals surface area contributed by atoms with E-state index in [2.05, 4.69) is 4.98 Å². The first-order valence-electron chi connectivity index (χ1n) is 7.97. The summed E-state index contributed by atoms with van der Waals surface area (Å²) < 4.78 is 41.6. The minimum absolute atomic E-state index is 0.141. The maximum Gasteiger partial charge on any atom is 0.416 e. The first kappa shape index (κ1) is 17.0. The zero-order valence-electron chi connectivity index (χ0n) is 14.0. The molecule has 2 heterocycles. The Morgan fingerprint density at radius 1 is 0.926 bits per heavy atom. The molecule has 0 bridgehead atoms. The molecule has 0 fully saturated rings. The van der Waals surface area contributed by atoms with Crippen LogP contribution in [0.25, 0.3) is 5.69 Å². The van der Waals surface area contributed by atoms with E-state index >= 15 is 0 Å². The lowest BCUT2D eigenvalue weighted by Gasteiger charge is -2.18. The van der Waals surface area contributed by atoms with Crippen molar-refractivity contribution in [2.45, 2.75) is 13.1 Å². The number of aryl methyl sites for hydroxylation is 1. The van der Waals surface area contributed by atoms with E-state index in [1.54, 1.807) is 25.3 Å². The first-order chi connectivity index (χ1) is 12.8. The number of halogens is 3. The molecule has 0 unspecified atom stereocenters. The Balaban J connectivity index is 1.88. The molecule has 1 aliphatic rings. The fraction of sp³-hybridized carbons (Fsp3) is 0.105. The van der Waals surface area contributed by atoms with Crippen LogP contribution in [0.2, 0.25) is 0 Å². The lowest BCUT2D eigenvalue weighted by molar-refractivity contribution is -0.137. The Labute approximate surface area is 151 Å². The van der Waals surface area contributed by atoms with Crippen molar-refractivity contribution in [3.8, 4) is 5.69 Å². The molecule has 0 spiro atoms. The number of carbonyl (C=O) groups excluding carboxylic acids is 2. The van der Waals surface area contributed by atoms with Crippen LogP contribution in [0.15, 0.2) is 55.0 Å². The van der Waals surface area contributed by atoms with Crippen LogP contribution in [-0.2, 0) is 6.18 Å². The van der Waals surface area contributed by atoms with E-state index in [0.29, 0.717) is 5.69 Å². The molecule has 8 heteroatoms. The number of alkyl halides is 3. The van der Waals surface area contributed by atoms with Crippen molar-refractivity contribution in [2.75, 3.05) is 4.90 Å². The molecule has 0 saturated heterocycles. The third-order valence-corrected chi connectivity index (χ3v) is 4.29. The zero-order valence-corrected chi connectivity index (χ0v) is 14.0. The minimum atomic E-state index is -4.64. The molecule has 1 aromatic heterocycles. The number of benzene rings is 2. The van der Waals surface area contributed by atoms with Crippen LogP contribution in [0.5, 0.6) is 0 Å². The number of hydrogen-bond donors (Lipinski definition) is 0. The summed E-state index contributed by atoms with van der Waals surface area (Å²) in [7, 11) is 0. The van der Waals surface area contributed by atoms with E-state index in [-0.39, 0.29) is 22.5 Å². The fourth-order valence-electron chi connectivity index (χ4n) is 3.02. The number of fused-ring (bicyclic) bond motifs is 1. The normalized spacial score (nSPS) is 14.0. The van der Waals surface area contributed by atoms with Crippen molar-refractivity contribution >= 4 is 17.5 Å². The quantitative estimate of drug-likeness (QED) is 0.640. The highest BCUT2D eigenvalue weighted by molar-refractivity contribution is 6.34. The SMILES string of the molecule is Cc1cn(-c2cc(N3C(=O)c4ccccc4C3=O)cc(C(F)(F)F)c2)cn1. The third-order valence-electron chi connectivity index (χ3n) is 4.29. The van der Waals surface area contributed by atoms with Gasteiger partial charge in [-0.3, -0.25) is 9.59 Å². The molecule has 4 rings (SSSR count). The Kier molecular flexibility index (Phi) is 3.66. The Hall–Kier alpha value is -3.42. The summed E-state index contributed by atoms with van der Waals surface area (Å²) in [5.74, 6) is -1.30. The first-order valence-corrected chi connectivity index (χ1v) is 7.97. The molecule has 3 aromatic rings. The Morgan fingerprint density at radius 3 is 2.04 bits per heavy atom. The predicted molar refractivity (Wildman–Crippen MR) is 90.9 cm³/mol. The van der Waals surface area contributed by atoms with E-state index in [1.165, 1.54) is 29.1 Å². The van der Waals surface area contributed by atoms with E-state index in [9.17, 15) is 22.8 Å². The van der Waals surface area contributed by atoms with Gasteiger partial charge in [0.15, 0.2) is 0 Å². The van der Waals surface area contributed by atoms with E-state index in [0.717, 1.165) is 17.0 Å². The number of carbonyl (C=O) groups is 2. The van der Waals surface area contributed by atoms with Crippen LogP contribution >= 0.6 is 0 Å². The molecule has 1 aliphatic heterocycles. The number of nitrogens with zero attached hydrogens (tertiary/aromatic N) is 3. The van der Waals surface area contributed by atoms with Gasteiger partial charge in [-0.05, 0) is 37.3 Å². The summed E-state index contributed by atoms with van der Waals surface area (Å²) >= 11 is 0. The van der Waals surface area contributed by atoms with E-state index in [4.69, 9.17) is 0 Å². The van der Waals surface area contributed by atoms with Gasteiger partial charge in [0.05, 0.1) is 34.4 Å². The highest BCUT2D eigenvalue weighted by Crippen LogP contribution is 2.36. The van der Waals surface area contributed by atoms with Gasteiger partial charge < -0.3 is 4.57 Å². The number of anilines is 1. The van der Waals surface area contributed by atoms with Gasteiger partial charge in [0.25, 0.3) is 11.8 Å². The summed E-state index contributed by atoms with van der Waals surface area (Å²) in [4.78, 5) is 30.0. The smallest absolute Gasteiger partial charge is 0.306 e. The second kappa shape index (κ2) is 5.80. The molecule has 2 aromatic carbocycles. The monoisotopic (exact) mass is 371 g/mol. The zero-order chi connectivity index (χ0) is 19.3. The summed E-state index contributed by atoms with van der Waals surface area (Å²) in [5.41, 5.74) is 0.00170. The molecule has 0 N–H and O–H groups in total. The topological polar surface area (TPSA) is 55.2 Å². The highest BCUT2D eigenvalue weighted by Gasteiger charge is 2.38. The van der Waals surface area contributed by atoms with Crippen LogP contribution in [0.4, 0.5) is 18.9 Å². The number of aromatic nitrogens is 2. The second-order valence-corrected chi connectivity index (χ2v) is 6.15. The number of imidazole rings is 1. The molecule has 0 atom stereocenters. The molecule has 0 aliphatic carbocycles. The molecular formula is C19H12F3N3O2. The van der Waals surface area contributed by atoms with Gasteiger partial charge in [0.1, 0.15) is 0 Å². The van der Waals surface area contributed by atoms with Crippen LogP contribution in [-0.4, -0.2) is 21.4 Å². The molecular weight excluding hydrogens is 359 g/mol. The van der Waals surface area contributed by atoms with Gasteiger partial charge in [-0.1, -0.05) is 12.1 Å². The van der Waals surface area contributed by atoms with Gasteiger partial charge in [-0.25, -0.2) is 9.88 Å². The highest BCUT2D eigenvalue weighted by atomic mass is 19.4. The van der Waals surface area contributed by atoms with Gasteiger partial charge in [0.2, 0.25) is 0 Å². The van der Waals surface area contributed by atoms with Crippen molar-refractivity contribution in [3.05, 3.63) is 77.4 Å².